The maximum Gasteiger partial charge on any atom is 0.343 e. The molecule has 42 heavy (non-hydrogen) atoms. The van der Waals surface area contributed by atoms with Crippen LogP contribution >= 0.6 is 0 Å². The lowest BCUT2D eigenvalue weighted by molar-refractivity contribution is -0.131. The van der Waals surface area contributed by atoms with Crippen molar-refractivity contribution in [1.29, 1.82) is 0 Å². The van der Waals surface area contributed by atoms with Crippen LogP contribution in [-0.2, 0) is 4.79 Å². The van der Waals surface area contributed by atoms with Gasteiger partial charge < -0.3 is 24.6 Å². The van der Waals surface area contributed by atoms with Crippen molar-refractivity contribution < 1.29 is 38.5 Å². The largest absolute Gasteiger partial charge is 0.508 e. The van der Waals surface area contributed by atoms with E-state index < -0.39 is 17.9 Å². The highest BCUT2D eigenvalue weighted by Gasteiger charge is 2.15. The predicted molar refractivity (Wildman–Crippen MR) is 154 cm³/mol. The summed E-state index contributed by atoms with van der Waals surface area (Å²) >= 11 is 0. The number of nitrogens with one attached hydrogen (secondary N) is 1. The summed E-state index contributed by atoms with van der Waals surface area (Å²) in [6.07, 6.45) is 0. The standard InChI is InChI=1S/C33H23NO8/c1-20(35)40-28-13-15-30(16-14-28)42-33(39)25-4-2-3-24(18-25)32(38)41-29-11-8-26(9-12-29)34-31(37)23-6-5-22-19-27(36)10-7-21(22)17-23/h2-19,36H,1H3,(H,34,37). The van der Waals surface area contributed by atoms with Gasteiger partial charge in [0.05, 0.1) is 11.1 Å². The molecule has 1 amide bonds. The topological polar surface area (TPSA) is 128 Å². The molecule has 5 aromatic rings. The van der Waals surface area contributed by atoms with Crippen LogP contribution in [0.5, 0.6) is 23.0 Å². The van der Waals surface area contributed by atoms with Crippen LogP contribution in [0.25, 0.3) is 10.8 Å². The molecule has 0 aromatic heterocycles. The fourth-order valence-corrected chi connectivity index (χ4v) is 4.03. The molecule has 208 valence electrons. The first-order valence-corrected chi connectivity index (χ1v) is 12.7. The molecule has 0 aliphatic heterocycles. The molecule has 0 unspecified atom stereocenters. The number of amides is 1. The van der Waals surface area contributed by atoms with E-state index >= 15 is 0 Å². The Morgan fingerprint density at radius 1 is 0.571 bits per heavy atom. The quantitative estimate of drug-likeness (QED) is 0.179. The molecule has 0 saturated heterocycles. The molecular formula is C33H23NO8. The van der Waals surface area contributed by atoms with Crippen LogP contribution in [-0.4, -0.2) is 28.9 Å². The van der Waals surface area contributed by atoms with Crippen LogP contribution in [0.4, 0.5) is 5.69 Å². The summed E-state index contributed by atoms with van der Waals surface area (Å²) < 4.78 is 15.7. The molecule has 0 aliphatic rings. The van der Waals surface area contributed by atoms with E-state index in [9.17, 15) is 24.3 Å². The highest BCUT2D eigenvalue weighted by Crippen LogP contribution is 2.23. The van der Waals surface area contributed by atoms with Crippen LogP contribution < -0.4 is 19.5 Å². The predicted octanol–water partition coefficient (Wildman–Crippen LogP) is 6.16. The van der Waals surface area contributed by atoms with Gasteiger partial charge in [0.2, 0.25) is 0 Å². The fourth-order valence-electron chi connectivity index (χ4n) is 4.03. The van der Waals surface area contributed by atoms with Gasteiger partial charge in [0.1, 0.15) is 23.0 Å². The molecule has 0 aliphatic carbocycles. The van der Waals surface area contributed by atoms with Gasteiger partial charge in [-0.2, -0.15) is 0 Å². The summed E-state index contributed by atoms with van der Waals surface area (Å²) in [5.74, 6) is -1.22. The first kappa shape index (κ1) is 27.6. The van der Waals surface area contributed by atoms with Crippen molar-refractivity contribution >= 4 is 40.3 Å². The number of phenols is 1. The number of fused-ring (bicyclic) bond motifs is 1. The Morgan fingerprint density at radius 2 is 1.10 bits per heavy atom. The Labute approximate surface area is 239 Å². The second-order valence-electron chi connectivity index (χ2n) is 9.15. The van der Waals surface area contributed by atoms with Crippen molar-refractivity contribution in [2.75, 3.05) is 5.32 Å². The maximum absolute atomic E-state index is 12.7. The number of esters is 3. The first-order valence-electron chi connectivity index (χ1n) is 12.7. The maximum atomic E-state index is 12.7. The van der Waals surface area contributed by atoms with E-state index in [-0.39, 0.29) is 34.3 Å². The van der Waals surface area contributed by atoms with Gasteiger partial charge in [-0.1, -0.05) is 18.2 Å². The third kappa shape index (κ3) is 6.78. The molecular weight excluding hydrogens is 538 g/mol. The van der Waals surface area contributed by atoms with E-state index in [1.165, 1.54) is 67.6 Å². The van der Waals surface area contributed by atoms with E-state index in [0.717, 1.165) is 10.8 Å². The minimum atomic E-state index is -0.686. The summed E-state index contributed by atoms with van der Waals surface area (Å²) in [5, 5.41) is 14.0. The molecule has 5 rings (SSSR count). The molecule has 0 radical (unpaired) electrons. The lowest BCUT2D eigenvalue weighted by atomic mass is 10.1. The zero-order valence-corrected chi connectivity index (χ0v) is 22.2. The SMILES string of the molecule is CC(=O)Oc1ccc(OC(=O)c2cccc(C(=O)Oc3ccc(NC(=O)c4ccc5cc(O)ccc5c4)cc3)c2)cc1. The molecule has 0 atom stereocenters. The molecule has 0 saturated carbocycles. The number of anilines is 1. The van der Waals surface area contributed by atoms with Crippen LogP contribution in [0.1, 0.15) is 38.0 Å². The third-order valence-electron chi connectivity index (χ3n) is 6.04. The van der Waals surface area contributed by atoms with E-state index in [4.69, 9.17) is 14.2 Å². The van der Waals surface area contributed by atoms with E-state index in [1.54, 1.807) is 48.5 Å². The Kier molecular flexibility index (Phi) is 7.92. The number of rotatable bonds is 7. The summed E-state index contributed by atoms with van der Waals surface area (Å²) in [4.78, 5) is 49.1. The van der Waals surface area contributed by atoms with Crippen molar-refractivity contribution in [3.8, 4) is 23.0 Å². The van der Waals surface area contributed by atoms with Crippen molar-refractivity contribution in [3.05, 3.63) is 126 Å². The van der Waals surface area contributed by atoms with Gasteiger partial charge in [-0.25, -0.2) is 9.59 Å². The molecule has 0 spiro atoms. The van der Waals surface area contributed by atoms with Crippen molar-refractivity contribution in [2.45, 2.75) is 6.92 Å². The van der Waals surface area contributed by atoms with Gasteiger partial charge in [0, 0.05) is 18.2 Å². The smallest absolute Gasteiger partial charge is 0.343 e. The number of ether oxygens (including phenoxy) is 3. The number of phenolic OH excluding ortho intramolecular Hbond substituents is 1. The molecule has 9 heteroatoms. The lowest BCUT2D eigenvalue weighted by Gasteiger charge is -2.09. The summed E-state index contributed by atoms with van der Waals surface area (Å²) in [6, 6.07) is 28.2. The van der Waals surface area contributed by atoms with E-state index in [0.29, 0.717) is 17.0 Å². The molecule has 9 nitrogen and oxygen atoms in total. The van der Waals surface area contributed by atoms with Crippen molar-refractivity contribution in [2.24, 2.45) is 0 Å². The number of carbonyl (C=O) groups excluding carboxylic acids is 4. The number of hydrogen-bond donors (Lipinski definition) is 2. The van der Waals surface area contributed by atoms with Gasteiger partial charge >= 0.3 is 17.9 Å². The number of benzene rings is 5. The summed E-state index contributed by atoms with van der Waals surface area (Å²) in [7, 11) is 0. The lowest BCUT2D eigenvalue weighted by Crippen LogP contribution is -2.13. The average molecular weight is 562 g/mol. The zero-order chi connectivity index (χ0) is 29.6. The number of hydrogen-bond acceptors (Lipinski definition) is 8. The van der Waals surface area contributed by atoms with Crippen molar-refractivity contribution in [3.63, 3.8) is 0 Å². The highest BCUT2D eigenvalue weighted by molar-refractivity contribution is 6.06. The van der Waals surface area contributed by atoms with Gasteiger partial charge in [0.25, 0.3) is 5.91 Å². The van der Waals surface area contributed by atoms with Crippen LogP contribution in [0, 0.1) is 0 Å². The molecule has 0 bridgehead atoms. The normalized spacial score (nSPS) is 10.5. The first-order chi connectivity index (χ1) is 20.2. The molecule has 2 N–H and O–H groups in total. The average Bonchev–Trinajstić information content (AvgIpc) is 2.98. The second kappa shape index (κ2) is 12.1. The van der Waals surface area contributed by atoms with Gasteiger partial charge in [-0.15, -0.1) is 0 Å². The van der Waals surface area contributed by atoms with Crippen LogP contribution in [0.3, 0.4) is 0 Å². The Balaban J connectivity index is 1.19. The zero-order valence-electron chi connectivity index (χ0n) is 22.2. The molecule has 0 fully saturated rings. The highest BCUT2D eigenvalue weighted by atomic mass is 16.5. The Morgan fingerprint density at radius 3 is 1.69 bits per heavy atom. The third-order valence-corrected chi connectivity index (χ3v) is 6.04. The minimum absolute atomic E-state index is 0.136. The molecule has 5 aromatic carbocycles. The van der Waals surface area contributed by atoms with E-state index in [1.807, 2.05) is 0 Å². The number of carbonyl (C=O) groups is 4. The monoisotopic (exact) mass is 561 g/mol. The van der Waals surface area contributed by atoms with Crippen molar-refractivity contribution in [1.82, 2.24) is 0 Å². The Bertz CT molecular complexity index is 1810. The fraction of sp³-hybridized carbons (Fsp3) is 0.0303. The van der Waals surface area contributed by atoms with E-state index in [2.05, 4.69) is 5.32 Å². The van der Waals surface area contributed by atoms with Gasteiger partial charge in [-0.05, 0) is 102 Å². The van der Waals surface area contributed by atoms with Crippen LogP contribution in [0.15, 0.2) is 109 Å². The van der Waals surface area contributed by atoms with Gasteiger partial charge in [-0.3, -0.25) is 9.59 Å². The number of aromatic hydroxyl groups is 1. The second-order valence-corrected chi connectivity index (χ2v) is 9.15. The summed E-state index contributed by atoms with van der Waals surface area (Å²) in [5.41, 5.74) is 1.21. The van der Waals surface area contributed by atoms with Gasteiger partial charge in [0.15, 0.2) is 0 Å². The Hall–Kier alpha value is -5.96. The van der Waals surface area contributed by atoms with Crippen LogP contribution in [0.2, 0.25) is 0 Å². The molecule has 0 heterocycles. The minimum Gasteiger partial charge on any atom is -0.508 e. The summed E-state index contributed by atoms with van der Waals surface area (Å²) in [6.45, 7) is 1.28.